The Labute approximate surface area is 117 Å². The lowest BCUT2D eigenvalue weighted by molar-refractivity contribution is 0.236. The quantitative estimate of drug-likeness (QED) is 0.924. The number of hydrogen-bond donors (Lipinski definition) is 1. The van der Waals surface area contributed by atoms with Crippen LogP contribution >= 0.6 is 0 Å². The lowest BCUT2D eigenvalue weighted by Gasteiger charge is -2.13. The van der Waals surface area contributed by atoms with Gasteiger partial charge in [0.2, 0.25) is 0 Å². The highest BCUT2D eigenvalue weighted by molar-refractivity contribution is 5.76. The van der Waals surface area contributed by atoms with E-state index in [2.05, 4.69) is 33.7 Å². The first kappa shape index (κ1) is 11.8. The standard InChI is InChI=1S/C15H17N5/c1-16-20-9-12(7-18-20)15-8-17-13-5-4-11(10-2-3-10)6-14(13)19-15/h4-8,10,12,16H,2-3,9H2,1H3. The fraction of sp³-hybridized carbons (Fsp3) is 0.400. The van der Waals surface area contributed by atoms with Crippen molar-refractivity contribution in [1.29, 1.82) is 0 Å². The molecule has 1 aliphatic carbocycles. The zero-order valence-electron chi connectivity index (χ0n) is 11.5. The Kier molecular flexibility index (Phi) is 2.67. The Hall–Kier alpha value is -2.01. The smallest absolute Gasteiger partial charge is 0.0893 e. The van der Waals surface area contributed by atoms with Crippen LogP contribution in [0.15, 0.2) is 29.5 Å². The number of hydrazone groups is 1. The summed E-state index contributed by atoms with van der Waals surface area (Å²) in [7, 11) is 1.87. The summed E-state index contributed by atoms with van der Waals surface area (Å²) in [6.07, 6.45) is 6.42. The van der Waals surface area contributed by atoms with Crippen molar-refractivity contribution in [3.05, 3.63) is 35.7 Å². The topological polar surface area (TPSA) is 53.4 Å². The third-order valence-electron chi connectivity index (χ3n) is 4.03. The van der Waals surface area contributed by atoms with Gasteiger partial charge >= 0.3 is 0 Å². The molecule has 0 spiro atoms. The SMILES string of the molecule is CNN1CC(c2cnc3ccc(C4CC4)cc3n2)C=N1. The summed E-state index contributed by atoms with van der Waals surface area (Å²) in [6.45, 7) is 0.805. The summed E-state index contributed by atoms with van der Waals surface area (Å²) in [6, 6.07) is 6.47. The third kappa shape index (κ3) is 2.04. The molecule has 1 aliphatic heterocycles. The molecule has 4 rings (SSSR count). The number of rotatable bonds is 3. The lowest BCUT2D eigenvalue weighted by Crippen LogP contribution is -2.29. The van der Waals surface area contributed by atoms with Crippen molar-refractivity contribution < 1.29 is 0 Å². The van der Waals surface area contributed by atoms with Crippen LogP contribution in [0.25, 0.3) is 11.0 Å². The van der Waals surface area contributed by atoms with Crippen LogP contribution in [0.3, 0.4) is 0 Å². The molecule has 2 aliphatic rings. The van der Waals surface area contributed by atoms with Gasteiger partial charge in [-0.15, -0.1) is 0 Å². The summed E-state index contributed by atoms with van der Waals surface area (Å²) < 4.78 is 0. The van der Waals surface area contributed by atoms with Crippen LogP contribution in [0.2, 0.25) is 0 Å². The molecular weight excluding hydrogens is 250 g/mol. The van der Waals surface area contributed by atoms with Crippen molar-refractivity contribution in [1.82, 2.24) is 20.5 Å². The number of hydrazine groups is 1. The van der Waals surface area contributed by atoms with Crippen molar-refractivity contribution in [2.75, 3.05) is 13.6 Å². The molecule has 1 atom stereocenters. The van der Waals surface area contributed by atoms with E-state index in [9.17, 15) is 0 Å². The van der Waals surface area contributed by atoms with Crippen LogP contribution < -0.4 is 5.43 Å². The second-order valence-electron chi connectivity index (χ2n) is 5.49. The molecule has 1 saturated carbocycles. The van der Waals surface area contributed by atoms with E-state index < -0.39 is 0 Å². The van der Waals surface area contributed by atoms with Crippen LogP contribution in [0, 0.1) is 0 Å². The second-order valence-corrected chi connectivity index (χ2v) is 5.49. The fourth-order valence-corrected chi connectivity index (χ4v) is 2.65. The van der Waals surface area contributed by atoms with E-state index in [1.54, 1.807) is 0 Å². The van der Waals surface area contributed by atoms with Crippen LogP contribution in [0.1, 0.15) is 35.9 Å². The number of hydrogen-bond acceptors (Lipinski definition) is 5. The molecule has 0 amide bonds. The van der Waals surface area contributed by atoms with Crippen LogP contribution in [0.5, 0.6) is 0 Å². The largest absolute Gasteiger partial charge is 0.253 e. The predicted molar refractivity (Wildman–Crippen MR) is 78.5 cm³/mol. The van der Waals surface area contributed by atoms with Crippen molar-refractivity contribution in [2.45, 2.75) is 24.7 Å². The minimum atomic E-state index is 0.212. The first-order valence-corrected chi connectivity index (χ1v) is 7.09. The molecule has 0 radical (unpaired) electrons. The van der Waals surface area contributed by atoms with Gasteiger partial charge in [-0.05, 0) is 36.5 Å². The average molecular weight is 267 g/mol. The van der Waals surface area contributed by atoms with Crippen molar-refractivity contribution in [3.63, 3.8) is 0 Å². The van der Waals surface area contributed by atoms with Gasteiger partial charge in [-0.1, -0.05) is 6.07 Å². The molecule has 1 unspecified atom stereocenters. The molecule has 0 bridgehead atoms. The van der Waals surface area contributed by atoms with E-state index in [0.29, 0.717) is 0 Å². The molecule has 5 nitrogen and oxygen atoms in total. The maximum atomic E-state index is 4.79. The molecule has 0 saturated heterocycles. The van der Waals surface area contributed by atoms with Gasteiger partial charge in [0.25, 0.3) is 0 Å². The molecular formula is C15H17N5. The highest BCUT2D eigenvalue weighted by atomic mass is 15.7. The van der Waals surface area contributed by atoms with Crippen LogP contribution in [-0.2, 0) is 0 Å². The normalized spacial score (nSPS) is 21.9. The number of benzene rings is 1. The summed E-state index contributed by atoms with van der Waals surface area (Å²) >= 11 is 0. The summed E-state index contributed by atoms with van der Waals surface area (Å²) in [5, 5.41) is 6.09. The zero-order chi connectivity index (χ0) is 13.5. The zero-order valence-corrected chi connectivity index (χ0v) is 11.5. The maximum absolute atomic E-state index is 4.79. The van der Waals surface area contributed by atoms with Crippen LogP contribution in [-0.4, -0.2) is 34.9 Å². The summed E-state index contributed by atoms with van der Waals surface area (Å²) in [5.41, 5.74) is 7.39. The van der Waals surface area contributed by atoms with Gasteiger partial charge < -0.3 is 0 Å². The molecule has 102 valence electrons. The van der Waals surface area contributed by atoms with Gasteiger partial charge in [0, 0.05) is 19.5 Å². The molecule has 1 fully saturated rings. The van der Waals surface area contributed by atoms with E-state index in [1.807, 2.05) is 24.6 Å². The summed E-state index contributed by atoms with van der Waals surface area (Å²) in [4.78, 5) is 9.32. The van der Waals surface area contributed by atoms with E-state index in [-0.39, 0.29) is 5.92 Å². The third-order valence-corrected chi connectivity index (χ3v) is 4.03. The number of aromatic nitrogens is 2. The fourth-order valence-electron chi connectivity index (χ4n) is 2.65. The predicted octanol–water partition coefficient (Wildman–Crippen LogP) is 2.03. The number of nitrogens with one attached hydrogen (secondary N) is 1. The molecule has 1 aromatic carbocycles. The van der Waals surface area contributed by atoms with Gasteiger partial charge in [0.15, 0.2) is 0 Å². The Morgan fingerprint density at radius 2 is 2.15 bits per heavy atom. The second kappa shape index (κ2) is 4.52. The minimum absolute atomic E-state index is 0.212. The molecule has 1 aromatic heterocycles. The lowest BCUT2D eigenvalue weighted by atomic mass is 10.1. The maximum Gasteiger partial charge on any atom is 0.0893 e. The molecule has 20 heavy (non-hydrogen) atoms. The Bertz CT molecular complexity index is 677. The van der Waals surface area contributed by atoms with Gasteiger partial charge in [-0.2, -0.15) is 5.10 Å². The summed E-state index contributed by atoms with van der Waals surface area (Å²) in [5.74, 6) is 0.960. The van der Waals surface area contributed by atoms with E-state index in [4.69, 9.17) is 4.98 Å². The first-order chi connectivity index (χ1) is 9.83. The molecule has 1 N–H and O–H groups in total. The minimum Gasteiger partial charge on any atom is -0.253 e. The number of nitrogens with zero attached hydrogens (tertiary/aromatic N) is 4. The molecule has 2 aromatic rings. The van der Waals surface area contributed by atoms with E-state index in [1.165, 1.54) is 18.4 Å². The number of fused-ring (bicyclic) bond motifs is 1. The monoisotopic (exact) mass is 267 g/mol. The van der Waals surface area contributed by atoms with E-state index >= 15 is 0 Å². The Morgan fingerprint density at radius 3 is 2.90 bits per heavy atom. The van der Waals surface area contributed by atoms with Gasteiger partial charge in [0.05, 0.1) is 29.2 Å². The van der Waals surface area contributed by atoms with Gasteiger partial charge in [-0.3, -0.25) is 4.98 Å². The van der Waals surface area contributed by atoms with E-state index in [0.717, 1.165) is 29.2 Å². The van der Waals surface area contributed by atoms with Crippen molar-refractivity contribution >= 4 is 17.2 Å². The Balaban J connectivity index is 1.68. The van der Waals surface area contributed by atoms with Gasteiger partial charge in [-0.25, -0.2) is 15.5 Å². The highest BCUT2D eigenvalue weighted by Gasteiger charge is 2.24. The van der Waals surface area contributed by atoms with Gasteiger partial charge in [0.1, 0.15) is 0 Å². The van der Waals surface area contributed by atoms with Crippen molar-refractivity contribution in [3.8, 4) is 0 Å². The van der Waals surface area contributed by atoms with Crippen molar-refractivity contribution in [2.24, 2.45) is 5.10 Å². The highest BCUT2D eigenvalue weighted by Crippen LogP contribution is 2.40. The molecule has 5 heteroatoms. The van der Waals surface area contributed by atoms with Crippen LogP contribution in [0.4, 0.5) is 0 Å². The average Bonchev–Trinajstić information content (AvgIpc) is 3.23. The molecule has 2 heterocycles. The first-order valence-electron chi connectivity index (χ1n) is 7.09. The Morgan fingerprint density at radius 1 is 1.25 bits per heavy atom.